The van der Waals surface area contributed by atoms with Gasteiger partial charge in [0.05, 0.1) is 17.3 Å². The highest BCUT2D eigenvalue weighted by Gasteiger charge is 2.13. The fourth-order valence-corrected chi connectivity index (χ4v) is 2.90. The lowest BCUT2D eigenvalue weighted by molar-refractivity contribution is 0.489. The summed E-state index contributed by atoms with van der Waals surface area (Å²) in [4.78, 5) is 8.76. The van der Waals surface area contributed by atoms with Crippen molar-refractivity contribution in [2.45, 2.75) is 13.5 Å². The minimum atomic E-state index is -4.46. The molecule has 0 aliphatic carbocycles. The highest BCUT2D eigenvalue weighted by Crippen LogP contribution is 2.23. The van der Waals surface area contributed by atoms with Crippen molar-refractivity contribution in [1.29, 1.82) is 0 Å². The summed E-state index contributed by atoms with van der Waals surface area (Å²) in [6, 6.07) is 3.73. The Morgan fingerprint density at radius 1 is 1.26 bits per heavy atom. The first-order chi connectivity index (χ1) is 12.8. The molecule has 2 heterocycles. The van der Waals surface area contributed by atoms with E-state index >= 15 is 0 Å². The van der Waals surface area contributed by atoms with E-state index in [1.165, 1.54) is 12.1 Å². The lowest BCUT2D eigenvalue weighted by Crippen LogP contribution is -2.11. The lowest BCUT2D eigenvalue weighted by atomic mass is 10.2. The molecule has 0 fully saturated rings. The second-order valence-electron chi connectivity index (χ2n) is 5.67. The van der Waals surface area contributed by atoms with Crippen molar-refractivity contribution in [3.8, 4) is 0 Å². The number of halogens is 1. The van der Waals surface area contributed by atoms with Gasteiger partial charge in [0.15, 0.2) is 5.65 Å². The van der Waals surface area contributed by atoms with Gasteiger partial charge in [-0.25, -0.2) is 4.39 Å². The number of anilines is 3. The van der Waals surface area contributed by atoms with Crippen molar-refractivity contribution in [2.75, 3.05) is 21.9 Å². The second-order valence-corrected chi connectivity index (χ2v) is 6.82. The van der Waals surface area contributed by atoms with Crippen LogP contribution >= 0.6 is 0 Å². The van der Waals surface area contributed by atoms with Gasteiger partial charge in [-0.2, -0.15) is 23.5 Å². The first-order valence-corrected chi connectivity index (χ1v) is 9.42. The third-order valence-electron chi connectivity index (χ3n) is 3.67. The van der Waals surface area contributed by atoms with Crippen LogP contribution in [0.2, 0.25) is 0 Å². The Bertz CT molecular complexity index is 1080. The largest absolute Gasteiger partial charge is 0.365 e. The molecule has 0 atom stereocenters. The van der Waals surface area contributed by atoms with Gasteiger partial charge in [0.25, 0.3) is 0 Å². The minimum Gasteiger partial charge on any atom is -0.365 e. The van der Waals surface area contributed by atoms with Crippen molar-refractivity contribution in [3.63, 3.8) is 0 Å². The smallest absolute Gasteiger partial charge is 0.357 e. The van der Waals surface area contributed by atoms with Gasteiger partial charge >= 0.3 is 10.3 Å². The maximum Gasteiger partial charge on any atom is 0.357 e. The molecule has 0 bridgehead atoms. The quantitative estimate of drug-likeness (QED) is 0.445. The summed E-state index contributed by atoms with van der Waals surface area (Å²) in [5, 5.41) is 10.9. The van der Waals surface area contributed by atoms with Crippen LogP contribution in [0.1, 0.15) is 12.5 Å². The van der Waals surface area contributed by atoms with E-state index in [9.17, 15) is 12.8 Å². The molecule has 3 aromatic rings. The summed E-state index contributed by atoms with van der Waals surface area (Å²) in [5.41, 5.74) is 0.832. The average Bonchev–Trinajstić information content (AvgIpc) is 2.94. The van der Waals surface area contributed by atoms with Crippen LogP contribution < -0.4 is 15.4 Å². The van der Waals surface area contributed by atoms with Crippen LogP contribution in [0.3, 0.4) is 0 Å². The fourth-order valence-electron chi connectivity index (χ4n) is 2.48. The number of fused-ring (bicyclic) bond motifs is 1. The van der Waals surface area contributed by atoms with Gasteiger partial charge in [-0.15, -0.1) is 0 Å². The third-order valence-corrected chi connectivity index (χ3v) is 4.17. The topological polar surface area (TPSA) is 134 Å². The van der Waals surface area contributed by atoms with Crippen molar-refractivity contribution < 1.29 is 17.4 Å². The van der Waals surface area contributed by atoms with Gasteiger partial charge in [-0.1, -0.05) is 6.07 Å². The molecule has 0 unspecified atom stereocenters. The predicted molar refractivity (Wildman–Crippen MR) is 99.4 cm³/mol. The van der Waals surface area contributed by atoms with E-state index in [-0.39, 0.29) is 17.8 Å². The summed E-state index contributed by atoms with van der Waals surface area (Å²) in [6.07, 6.45) is 1.61. The summed E-state index contributed by atoms with van der Waals surface area (Å²) < 4.78 is 48.0. The number of aromatic nitrogens is 4. The number of benzene rings is 1. The molecule has 0 radical (unpaired) electrons. The number of aryl methyl sites for hydroxylation is 1. The maximum atomic E-state index is 14.2. The Labute approximate surface area is 154 Å². The predicted octanol–water partition coefficient (Wildman–Crippen LogP) is 1.76. The molecule has 0 saturated carbocycles. The highest BCUT2D eigenvalue weighted by atomic mass is 32.2. The van der Waals surface area contributed by atoms with Gasteiger partial charge < -0.3 is 10.6 Å². The van der Waals surface area contributed by atoms with Crippen LogP contribution in [0.5, 0.6) is 0 Å². The molecule has 2 aromatic heterocycles. The number of hydrogen-bond donors (Lipinski definition) is 4. The van der Waals surface area contributed by atoms with Crippen LogP contribution in [0.25, 0.3) is 11.0 Å². The Morgan fingerprint density at radius 3 is 2.70 bits per heavy atom. The van der Waals surface area contributed by atoms with Crippen LogP contribution in [0.4, 0.5) is 21.8 Å². The van der Waals surface area contributed by atoms with Crippen LogP contribution in [-0.4, -0.2) is 39.3 Å². The Kier molecular flexibility index (Phi) is 5.10. The summed E-state index contributed by atoms with van der Waals surface area (Å²) in [6.45, 7) is 2.66. The standard InChI is InChI=1S/C15H18FN7O3S/c1-3-17-15-20-13(11-8-19-23(2)14(11)21-15)18-7-9-4-5-10(6-12(9)16)22-27(24,25)26/h4-6,8,22H,3,7H2,1-2H3,(H,24,25,26)(H2,17,18,20,21). The summed E-state index contributed by atoms with van der Waals surface area (Å²) in [5.74, 6) is 0.271. The Balaban J connectivity index is 1.84. The molecule has 0 aliphatic heterocycles. The number of rotatable bonds is 7. The normalized spacial score (nSPS) is 11.6. The molecule has 3 rings (SSSR count). The zero-order valence-corrected chi connectivity index (χ0v) is 15.4. The first kappa shape index (κ1) is 18.8. The molecular weight excluding hydrogens is 377 g/mol. The molecule has 0 aliphatic rings. The first-order valence-electron chi connectivity index (χ1n) is 7.98. The second kappa shape index (κ2) is 7.32. The van der Waals surface area contributed by atoms with E-state index in [1.54, 1.807) is 22.6 Å². The van der Waals surface area contributed by atoms with E-state index in [2.05, 4.69) is 25.7 Å². The van der Waals surface area contributed by atoms with Crippen molar-refractivity contribution >= 4 is 38.8 Å². The SMILES string of the molecule is CCNc1nc(NCc2ccc(NS(=O)(=O)O)cc2F)c2cnn(C)c2n1. The van der Waals surface area contributed by atoms with E-state index in [4.69, 9.17) is 4.55 Å². The van der Waals surface area contributed by atoms with Gasteiger partial charge in [-0.05, 0) is 19.1 Å². The van der Waals surface area contributed by atoms with Crippen LogP contribution in [0, 0.1) is 5.82 Å². The Hall–Kier alpha value is -2.99. The maximum absolute atomic E-state index is 14.2. The van der Waals surface area contributed by atoms with E-state index in [0.29, 0.717) is 29.3 Å². The molecule has 12 heteroatoms. The average molecular weight is 395 g/mol. The zero-order chi connectivity index (χ0) is 19.6. The molecule has 27 heavy (non-hydrogen) atoms. The highest BCUT2D eigenvalue weighted by molar-refractivity contribution is 7.87. The van der Waals surface area contributed by atoms with Gasteiger partial charge in [0.2, 0.25) is 5.95 Å². The van der Waals surface area contributed by atoms with Crippen LogP contribution in [0.15, 0.2) is 24.4 Å². The van der Waals surface area contributed by atoms with E-state index in [0.717, 1.165) is 6.07 Å². The number of nitrogens with zero attached hydrogens (tertiary/aromatic N) is 4. The molecule has 1 aromatic carbocycles. The molecule has 144 valence electrons. The third kappa shape index (κ3) is 4.41. The van der Waals surface area contributed by atoms with Crippen molar-refractivity contribution in [3.05, 3.63) is 35.8 Å². The number of hydrogen-bond acceptors (Lipinski definition) is 7. The fraction of sp³-hybridized carbons (Fsp3) is 0.267. The molecule has 0 spiro atoms. The molecule has 10 nitrogen and oxygen atoms in total. The number of nitrogens with one attached hydrogen (secondary N) is 3. The summed E-state index contributed by atoms with van der Waals surface area (Å²) >= 11 is 0. The zero-order valence-electron chi connectivity index (χ0n) is 14.6. The van der Waals surface area contributed by atoms with Gasteiger partial charge in [0, 0.05) is 25.7 Å². The monoisotopic (exact) mass is 395 g/mol. The molecule has 0 amide bonds. The summed E-state index contributed by atoms with van der Waals surface area (Å²) in [7, 11) is -2.70. The van der Waals surface area contributed by atoms with E-state index < -0.39 is 16.1 Å². The minimum absolute atomic E-state index is 0.0788. The molecular formula is C15H18FN7O3S. The van der Waals surface area contributed by atoms with Gasteiger partial charge in [-0.3, -0.25) is 14.0 Å². The van der Waals surface area contributed by atoms with Crippen molar-refractivity contribution in [2.24, 2.45) is 7.05 Å². The van der Waals surface area contributed by atoms with Crippen LogP contribution in [-0.2, 0) is 23.9 Å². The lowest BCUT2D eigenvalue weighted by Gasteiger charge is -2.11. The molecule has 4 N–H and O–H groups in total. The molecule has 0 saturated heterocycles. The Morgan fingerprint density at radius 2 is 2.04 bits per heavy atom. The van der Waals surface area contributed by atoms with Gasteiger partial charge in [0.1, 0.15) is 11.6 Å². The van der Waals surface area contributed by atoms with Crippen molar-refractivity contribution in [1.82, 2.24) is 19.7 Å². The van der Waals surface area contributed by atoms with E-state index in [1.807, 2.05) is 6.92 Å².